The summed E-state index contributed by atoms with van der Waals surface area (Å²) in [5.74, 6) is 0.487. The highest BCUT2D eigenvalue weighted by Crippen LogP contribution is 2.27. The molecule has 0 saturated carbocycles. The topological polar surface area (TPSA) is 67.9 Å². The molecule has 0 saturated heterocycles. The fraction of sp³-hybridized carbons (Fsp3) is 0.222. The van der Waals surface area contributed by atoms with E-state index in [9.17, 15) is 9.59 Å². The molecule has 2 aromatic carbocycles. The number of halogens is 2. The van der Waals surface area contributed by atoms with Crippen LogP contribution in [0.15, 0.2) is 46.9 Å². The smallest absolute Gasteiger partial charge is 0.260 e. The first-order valence-electron chi connectivity index (χ1n) is 7.64. The average molecular weight is 442 g/mol. The van der Waals surface area contributed by atoms with Crippen LogP contribution < -0.4 is 14.8 Å². The summed E-state index contributed by atoms with van der Waals surface area (Å²) in [4.78, 5) is 25.5. The van der Waals surface area contributed by atoms with Crippen molar-refractivity contribution in [1.29, 1.82) is 0 Å². The molecule has 2 rings (SSSR count). The van der Waals surface area contributed by atoms with Crippen LogP contribution in [0.2, 0.25) is 5.02 Å². The van der Waals surface area contributed by atoms with Crippen molar-refractivity contribution in [3.05, 3.63) is 52.0 Å². The molecule has 0 aliphatic heterocycles. The van der Waals surface area contributed by atoms with Gasteiger partial charge in [0.15, 0.2) is 6.61 Å². The number of hydrogen-bond donors (Lipinski definition) is 1. The summed E-state index contributed by atoms with van der Waals surface area (Å²) < 4.78 is 11.2. The van der Waals surface area contributed by atoms with Crippen molar-refractivity contribution >= 4 is 45.0 Å². The van der Waals surface area contributed by atoms with Gasteiger partial charge in [-0.2, -0.15) is 0 Å². The van der Waals surface area contributed by atoms with Gasteiger partial charge in [0.05, 0.1) is 18.1 Å². The van der Waals surface area contributed by atoms with Crippen molar-refractivity contribution in [3.8, 4) is 11.5 Å². The molecule has 0 unspecified atom stereocenters. The van der Waals surface area contributed by atoms with Crippen molar-refractivity contribution in [2.45, 2.75) is 0 Å². The molecule has 0 atom stereocenters. The normalized spacial score (nSPS) is 10.2. The Balaban J connectivity index is 1.84. The van der Waals surface area contributed by atoms with Crippen LogP contribution >= 0.6 is 27.5 Å². The number of amides is 2. The molecular weight excluding hydrogens is 424 g/mol. The molecule has 138 valence electrons. The number of hydrogen-bond acceptors (Lipinski definition) is 4. The fourth-order valence-electron chi connectivity index (χ4n) is 2.05. The van der Waals surface area contributed by atoms with E-state index in [-0.39, 0.29) is 25.0 Å². The zero-order valence-corrected chi connectivity index (χ0v) is 16.6. The van der Waals surface area contributed by atoms with E-state index in [1.54, 1.807) is 49.6 Å². The second-order valence-corrected chi connectivity index (χ2v) is 6.68. The molecule has 8 heteroatoms. The Labute approximate surface area is 165 Å². The van der Waals surface area contributed by atoms with E-state index in [0.717, 1.165) is 0 Å². The zero-order chi connectivity index (χ0) is 19.1. The summed E-state index contributed by atoms with van der Waals surface area (Å²) in [7, 11) is 3.08. The van der Waals surface area contributed by atoms with Gasteiger partial charge in [-0.1, -0.05) is 17.7 Å². The molecule has 0 spiro atoms. The van der Waals surface area contributed by atoms with Crippen molar-refractivity contribution in [3.63, 3.8) is 0 Å². The largest absolute Gasteiger partial charge is 0.497 e. The Kier molecular flexibility index (Phi) is 7.29. The zero-order valence-electron chi connectivity index (χ0n) is 14.3. The van der Waals surface area contributed by atoms with Gasteiger partial charge in [0.1, 0.15) is 11.5 Å². The van der Waals surface area contributed by atoms with E-state index in [0.29, 0.717) is 26.7 Å². The molecule has 1 N–H and O–H groups in total. The predicted molar refractivity (Wildman–Crippen MR) is 104 cm³/mol. The Morgan fingerprint density at radius 3 is 2.69 bits per heavy atom. The summed E-state index contributed by atoms with van der Waals surface area (Å²) in [6, 6.07) is 12.0. The first-order chi connectivity index (χ1) is 12.4. The van der Waals surface area contributed by atoms with Crippen molar-refractivity contribution < 1.29 is 19.1 Å². The number of rotatable bonds is 7. The molecule has 0 aliphatic carbocycles. The first-order valence-corrected chi connectivity index (χ1v) is 8.82. The van der Waals surface area contributed by atoms with Crippen molar-refractivity contribution in [2.24, 2.45) is 0 Å². The van der Waals surface area contributed by atoms with Crippen molar-refractivity contribution in [1.82, 2.24) is 4.90 Å². The van der Waals surface area contributed by atoms with Crippen LogP contribution in [0.4, 0.5) is 5.69 Å². The van der Waals surface area contributed by atoms with E-state index in [2.05, 4.69) is 21.2 Å². The third-order valence-electron chi connectivity index (χ3n) is 3.41. The van der Waals surface area contributed by atoms with Gasteiger partial charge < -0.3 is 19.7 Å². The van der Waals surface area contributed by atoms with Gasteiger partial charge in [0.25, 0.3) is 5.91 Å². The Bertz CT molecular complexity index is 801. The fourth-order valence-corrected chi connectivity index (χ4v) is 2.84. The molecule has 0 fully saturated rings. The summed E-state index contributed by atoms with van der Waals surface area (Å²) in [6.07, 6.45) is 0. The highest BCUT2D eigenvalue weighted by atomic mass is 79.9. The van der Waals surface area contributed by atoms with E-state index in [4.69, 9.17) is 21.1 Å². The number of benzene rings is 2. The number of carbonyl (C=O) groups is 2. The van der Waals surface area contributed by atoms with Gasteiger partial charge in [-0.3, -0.25) is 9.59 Å². The Hall–Kier alpha value is -2.25. The second-order valence-electron chi connectivity index (χ2n) is 5.39. The van der Waals surface area contributed by atoms with Crippen LogP contribution in [0.5, 0.6) is 11.5 Å². The third-order valence-corrected chi connectivity index (χ3v) is 4.26. The molecule has 0 aliphatic rings. The van der Waals surface area contributed by atoms with E-state index in [1.807, 2.05) is 0 Å². The molecule has 2 aromatic rings. The van der Waals surface area contributed by atoms with Crippen LogP contribution in [0.25, 0.3) is 0 Å². The maximum absolute atomic E-state index is 12.1. The lowest BCUT2D eigenvalue weighted by molar-refractivity contribution is -0.135. The highest BCUT2D eigenvalue weighted by Gasteiger charge is 2.14. The van der Waals surface area contributed by atoms with E-state index in [1.165, 1.54) is 11.9 Å². The minimum Gasteiger partial charge on any atom is -0.497 e. The monoisotopic (exact) mass is 440 g/mol. The lowest BCUT2D eigenvalue weighted by Crippen LogP contribution is -2.37. The molecule has 0 radical (unpaired) electrons. The summed E-state index contributed by atoms with van der Waals surface area (Å²) in [6.45, 7) is -0.287. The number of nitrogens with one attached hydrogen (secondary N) is 1. The van der Waals surface area contributed by atoms with Gasteiger partial charge in [0.2, 0.25) is 5.91 Å². The summed E-state index contributed by atoms with van der Waals surface area (Å²) in [5.41, 5.74) is 0.594. The lowest BCUT2D eigenvalue weighted by atomic mass is 10.3. The number of ether oxygens (including phenoxy) is 2. The van der Waals surface area contributed by atoms with Crippen LogP contribution in [0.1, 0.15) is 0 Å². The number of likely N-dealkylation sites (N-methyl/N-ethyl adjacent to an activating group) is 1. The summed E-state index contributed by atoms with van der Waals surface area (Å²) >= 11 is 9.17. The molecule has 2 amide bonds. The lowest BCUT2D eigenvalue weighted by Gasteiger charge is -2.17. The van der Waals surface area contributed by atoms with Crippen LogP contribution in [-0.2, 0) is 9.59 Å². The molecule has 6 nitrogen and oxygen atoms in total. The molecule has 0 bridgehead atoms. The predicted octanol–water partition coefficient (Wildman–Crippen LogP) is 3.59. The average Bonchev–Trinajstić information content (AvgIpc) is 2.60. The maximum atomic E-state index is 12.1. The first kappa shape index (κ1) is 20.1. The minimum absolute atomic E-state index is 0.0960. The molecule has 0 aromatic heterocycles. The quantitative estimate of drug-likeness (QED) is 0.713. The van der Waals surface area contributed by atoms with Gasteiger partial charge in [-0.15, -0.1) is 0 Å². The van der Waals surface area contributed by atoms with Gasteiger partial charge in [0, 0.05) is 23.8 Å². The van der Waals surface area contributed by atoms with E-state index < -0.39 is 0 Å². The standard InChI is InChI=1S/C18H18BrClN2O4/c1-22(10-17(23)21-13-4-3-5-14(9-13)25-2)18(24)11-26-16-7-6-12(20)8-15(16)19/h3-9H,10-11H2,1-2H3,(H,21,23). The van der Waals surface area contributed by atoms with Crippen LogP contribution in [0, 0.1) is 0 Å². The third kappa shape index (κ3) is 5.93. The molecule has 26 heavy (non-hydrogen) atoms. The maximum Gasteiger partial charge on any atom is 0.260 e. The van der Waals surface area contributed by atoms with Crippen LogP contribution in [0.3, 0.4) is 0 Å². The second kappa shape index (κ2) is 9.45. The Morgan fingerprint density at radius 1 is 1.23 bits per heavy atom. The summed E-state index contributed by atoms with van der Waals surface area (Å²) in [5, 5.41) is 3.27. The molecular formula is C18H18BrClN2O4. The van der Waals surface area contributed by atoms with Crippen LogP contribution in [-0.4, -0.2) is 44.0 Å². The number of carbonyl (C=O) groups excluding carboxylic acids is 2. The highest BCUT2D eigenvalue weighted by molar-refractivity contribution is 9.10. The number of nitrogens with zero attached hydrogens (tertiary/aromatic N) is 1. The number of anilines is 1. The minimum atomic E-state index is -0.326. The van der Waals surface area contributed by atoms with E-state index >= 15 is 0 Å². The van der Waals surface area contributed by atoms with Gasteiger partial charge in [-0.25, -0.2) is 0 Å². The molecule has 0 heterocycles. The van der Waals surface area contributed by atoms with Gasteiger partial charge >= 0.3 is 0 Å². The Morgan fingerprint density at radius 2 is 2.00 bits per heavy atom. The SMILES string of the molecule is COc1cccc(NC(=O)CN(C)C(=O)COc2ccc(Cl)cc2Br)c1. The number of methoxy groups -OCH3 is 1. The van der Waals surface area contributed by atoms with Crippen molar-refractivity contribution in [2.75, 3.05) is 32.6 Å². The van der Waals surface area contributed by atoms with Gasteiger partial charge in [-0.05, 0) is 46.3 Å².